The van der Waals surface area contributed by atoms with Crippen molar-refractivity contribution in [3.8, 4) is 33.7 Å². The average Bonchev–Trinajstić information content (AvgIpc) is 3.57. The van der Waals surface area contributed by atoms with Crippen LogP contribution in [0.25, 0.3) is 66.7 Å². The first-order valence-corrected chi connectivity index (χ1v) is 14.3. The molecule has 7 aromatic rings. The van der Waals surface area contributed by atoms with Gasteiger partial charge in [-0.15, -0.1) is 18.2 Å². The van der Waals surface area contributed by atoms with Crippen molar-refractivity contribution in [3.05, 3.63) is 120 Å². The van der Waals surface area contributed by atoms with E-state index < -0.39 is 0 Å². The summed E-state index contributed by atoms with van der Waals surface area (Å²) >= 11 is 0. The molecular weight excluding hydrogens is 741 g/mol. The van der Waals surface area contributed by atoms with E-state index in [2.05, 4.69) is 73.4 Å². The van der Waals surface area contributed by atoms with Gasteiger partial charge in [0.2, 0.25) is 5.71 Å². The van der Waals surface area contributed by atoms with Crippen LogP contribution in [0.15, 0.2) is 106 Å². The molecule has 0 aliphatic heterocycles. The summed E-state index contributed by atoms with van der Waals surface area (Å²) in [6.07, 6.45) is 3.01. The molecule has 0 saturated carbocycles. The number of allylic oxidation sites excluding steroid dienone is 2. The van der Waals surface area contributed by atoms with E-state index in [1.807, 2.05) is 43.5 Å². The summed E-state index contributed by atoms with van der Waals surface area (Å²) in [6.45, 7) is 9.11. The fourth-order valence-electron chi connectivity index (χ4n) is 5.48. The van der Waals surface area contributed by atoms with Crippen LogP contribution in [0.5, 0.6) is 0 Å². The van der Waals surface area contributed by atoms with E-state index in [0.29, 0.717) is 5.71 Å². The summed E-state index contributed by atoms with van der Waals surface area (Å²) in [5.74, 6) is 0.750. The van der Waals surface area contributed by atoms with Crippen LogP contribution in [0.1, 0.15) is 30.7 Å². The molecule has 6 nitrogen and oxygen atoms in total. The summed E-state index contributed by atoms with van der Waals surface area (Å²) in [7, 11) is 0. The Bertz CT molecular complexity index is 2180. The number of fused-ring (bicyclic) bond motifs is 4. The average molecular weight is 772 g/mol. The van der Waals surface area contributed by atoms with E-state index >= 15 is 0 Å². The van der Waals surface area contributed by atoms with Crippen LogP contribution in [0, 0.1) is 26.8 Å². The minimum absolute atomic E-state index is 0. The molecule has 1 radical (unpaired) electrons. The van der Waals surface area contributed by atoms with E-state index in [9.17, 15) is 4.79 Å². The van der Waals surface area contributed by atoms with Crippen LogP contribution in [0.3, 0.4) is 0 Å². The monoisotopic (exact) mass is 772 g/mol. The van der Waals surface area contributed by atoms with Gasteiger partial charge in [-0.05, 0) is 86.8 Å². The molecule has 7 rings (SSSR count). The number of pyridine rings is 2. The molecule has 0 spiro atoms. The zero-order valence-corrected chi connectivity index (χ0v) is 28.0. The molecule has 227 valence electrons. The molecule has 0 atom stereocenters. The Morgan fingerprint density at radius 2 is 1.58 bits per heavy atom. The Kier molecular flexibility index (Phi) is 9.14. The van der Waals surface area contributed by atoms with Gasteiger partial charge >= 0.3 is 0 Å². The van der Waals surface area contributed by atoms with Crippen molar-refractivity contribution in [1.82, 2.24) is 9.97 Å². The van der Waals surface area contributed by atoms with E-state index in [-0.39, 0.29) is 31.6 Å². The molecule has 7 heteroatoms. The molecule has 0 amide bonds. The number of hydrogen-bond donors (Lipinski definition) is 1. The van der Waals surface area contributed by atoms with E-state index in [4.69, 9.17) is 18.9 Å². The van der Waals surface area contributed by atoms with Crippen LogP contribution in [-0.2, 0) is 24.9 Å². The van der Waals surface area contributed by atoms with Crippen LogP contribution in [0.4, 0.5) is 0 Å². The number of benzene rings is 3. The minimum Gasteiger partial charge on any atom is -0.512 e. The fraction of sp³-hybridized carbons (Fsp3) is 0.132. The van der Waals surface area contributed by atoms with E-state index in [1.165, 1.54) is 42.2 Å². The van der Waals surface area contributed by atoms with Gasteiger partial charge < -0.3 is 18.9 Å². The Hall–Kier alpha value is -4.84. The van der Waals surface area contributed by atoms with Crippen LogP contribution in [0.2, 0.25) is 0 Å². The third-order valence-corrected chi connectivity index (χ3v) is 7.45. The number of hydrogen-bond acceptors (Lipinski definition) is 6. The predicted molar refractivity (Wildman–Crippen MR) is 176 cm³/mol. The summed E-state index contributed by atoms with van der Waals surface area (Å²) < 4.78 is 12.5. The Morgan fingerprint density at radius 1 is 0.867 bits per heavy atom. The van der Waals surface area contributed by atoms with Gasteiger partial charge in [-0.2, -0.15) is 0 Å². The maximum Gasteiger partial charge on any atom is 0.216 e. The Balaban J connectivity index is 0.000000452. The molecule has 0 aliphatic rings. The SMILES string of the molecule is CC(=O)/C=C(/C)O.Cc1ccc2c(n1)oc1c(-c3cc4oc(-c5ccc(-c6c(C)cccc6C)cc5)cc4cn3)[c-]ccc12.[Ir]. The molecular formula is C38H31IrN2O4-. The number of carbonyl (C=O) groups excluding carboxylic acids is 1. The van der Waals surface area contributed by atoms with Crippen LogP contribution < -0.4 is 0 Å². The Labute approximate surface area is 274 Å². The first kappa shape index (κ1) is 31.6. The molecule has 0 bridgehead atoms. The summed E-state index contributed by atoms with van der Waals surface area (Å²) in [5.41, 5.74) is 10.7. The summed E-state index contributed by atoms with van der Waals surface area (Å²) in [5, 5.41) is 11.3. The smallest absolute Gasteiger partial charge is 0.216 e. The zero-order chi connectivity index (χ0) is 31.0. The van der Waals surface area contributed by atoms with Gasteiger partial charge in [0.1, 0.15) is 11.3 Å². The number of carbonyl (C=O) groups is 1. The maximum atomic E-state index is 10.0. The summed E-state index contributed by atoms with van der Waals surface area (Å²) in [4.78, 5) is 19.3. The van der Waals surface area contributed by atoms with Crippen LogP contribution >= 0.6 is 0 Å². The van der Waals surface area contributed by atoms with Gasteiger partial charge in [-0.1, -0.05) is 53.4 Å². The molecule has 4 heterocycles. The fourth-order valence-corrected chi connectivity index (χ4v) is 5.48. The Morgan fingerprint density at radius 3 is 2.24 bits per heavy atom. The minimum atomic E-state index is -0.125. The number of aliphatic hydroxyl groups is 1. The largest absolute Gasteiger partial charge is 0.512 e. The van der Waals surface area contributed by atoms with Gasteiger partial charge in [0.25, 0.3) is 0 Å². The summed E-state index contributed by atoms with van der Waals surface area (Å²) in [6, 6.07) is 30.2. The van der Waals surface area contributed by atoms with Gasteiger partial charge in [-0.25, -0.2) is 4.98 Å². The molecule has 1 N–H and O–H groups in total. The molecule has 0 saturated heterocycles. The topological polar surface area (TPSA) is 89.4 Å². The van der Waals surface area contributed by atoms with Gasteiger partial charge in [-0.3, -0.25) is 4.79 Å². The number of aromatic nitrogens is 2. The van der Waals surface area contributed by atoms with Crippen molar-refractivity contribution in [1.29, 1.82) is 0 Å². The quantitative estimate of drug-likeness (QED) is 0.109. The molecule has 45 heavy (non-hydrogen) atoms. The number of rotatable bonds is 4. The molecule has 0 fully saturated rings. The number of ketones is 1. The number of nitrogens with zero attached hydrogens (tertiary/aromatic N) is 2. The number of aryl methyl sites for hydroxylation is 3. The number of aliphatic hydroxyl groups excluding tert-OH is 1. The molecule has 3 aromatic carbocycles. The van der Waals surface area contributed by atoms with Crippen molar-refractivity contribution in [2.75, 3.05) is 0 Å². The van der Waals surface area contributed by atoms with E-state index in [0.717, 1.165) is 55.6 Å². The second-order valence-electron chi connectivity index (χ2n) is 11.0. The third-order valence-electron chi connectivity index (χ3n) is 7.45. The second kappa shape index (κ2) is 13.0. The first-order chi connectivity index (χ1) is 21.2. The second-order valence-corrected chi connectivity index (χ2v) is 11.0. The van der Waals surface area contributed by atoms with Crippen molar-refractivity contribution < 1.29 is 38.8 Å². The zero-order valence-electron chi connectivity index (χ0n) is 25.6. The van der Waals surface area contributed by atoms with Crippen LogP contribution in [-0.4, -0.2) is 20.9 Å². The van der Waals surface area contributed by atoms with Gasteiger partial charge in [0, 0.05) is 54.4 Å². The van der Waals surface area contributed by atoms with Crippen molar-refractivity contribution in [2.24, 2.45) is 0 Å². The van der Waals surface area contributed by atoms with Gasteiger partial charge in [0.15, 0.2) is 5.78 Å². The van der Waals surface area contributed by atoms with Crippen molar-refractivity contribution >= 4 is 38.8 Å². The van der Waals surface area contributed by atoms with Gasteiger partial charge in [0.05, 0.1) is 11.3 Å². The third kappa shape index (κ3) is 6.51. The predicted octanol–water partition coefficient (Wildman–Crippen LogP) is 9.88. The first-order valence-electron chi connectivity index (χ1n) is 14.3. The molecule has 0 aliphatic carbocycles. The molecule has 0 unspecified atom stereocenters. The standard InChI is InChI=1S/C33H23N2O2.C5H8O2.Ir/c1-19-6-4-7-20(2)31(19)23-13-11-22(12-14-23)29-16-24-18-34-28(17-30(24)36-29)27-9-5-8-25-26-15-10-21(3)35-33(26)37-32(25)27;1-4(6)3-5(2)7;/h4-8,10-18H,1-3H3;3,6H,1-2H3;/q-1;;/b;4-3-;. The maximum absolute atomic E-state index is 10.0. The van der Waals surface area contributed by atoms with E-state index in [1.54, 1.807) is 0 Å². The van der Waals surface area contributed by atoms with Crippen molar-refractivity contribution in [3.63, 3.8) is 0 Å². The number of furan rings is 2. The van der Waals surface area contributed by atoms with Crippen molar-refractivity contribution in [2.45, 2.75) is 34.6 Å². The molecule has 4 aromatic heterocycles. The normalized spacial score (nSPS) is 11.4.